The Hall–Kier alpha value is -2.34. The van der Waals surface area contributed by atoms with Crippen molar-refractivity contribution in [2.24, 2.45) is 0 Å². The molecular formula is C19H24N2O4. The van der Waals surface area contributed by atoms with Crippen LogP contribution in [0.1, 0.15) is 31.7 Å². The van der Waals surface area contributed by atoms with E-state index in [0.29, 0.717) is 24.5 Å². The third-order valence-corrected chi connectivity index (χ3v) is 4.88. The molecule has 2 amide bonds. The number of hydrogen-bond donors (Lipinski definition) is 1. The zero-order valence-corrected chi connectivity index (χ0v) is 14.7. The fourth-order valence-corrected chi connectivity index (χ4v) is 3.68. The first-order valence-corrected chi connectivity index (χ1v) is 8.62. The van der Waals surface area contributed by atoms with Crippen molar-refractivity contribution in [1.29, 1.82) is 0 Å². The van der Waals surface area contributed by atoms with E-state index in [0.717, 1.165) is 24.8 Å². The topological polar surface area (TPSA) is 67.9 Å². The molecule has 1 aromatic carbocycles. The highest BCUT2D eigenvalue weighted by Gasteiger charge is 2.44. The molecule has 0 bridgehead atoms. The monoisotopic (exact) mass is 344 g/mol. The van der Waals surface area contributed by atoms with Crippen molar-refractivity contribution in [2.75, 3.05) is 13.7 Å². The second-order valence-corrected chi connectivity index (χ2v) is 6.44. The normalized spacial score (nSPS) is 22.6. The Morgan fingerprint density at radius 3 is 2.76 bits per heavy atom. The molecule has 2 heterocycles. The lowest BCUT2D eigenvalue weighted by Gasteiger charge is -2.35. The van der Waals surface area contributed by atoms with Crippen LogP contribution in [-0.4, -0.2) is 42.7 Å². The number of urea groups is 1. The van der Waals surface area contributed by atoms with Gasteiger partial charge in [0.05, 0.1) is 25.3 Å². The number of allylic oxidation sites excluding steroid dienone is 1. The average molecular weight is 344 g/mol. The predicted octanol–water partition coefficient (Wildman–Crippen LogP) is 2.60. The molecule has 0 spiro atoms. The molecule has 1 N–H and O–H groups in total. The fraction of sp³-hybridized carbons (Fsp3) is 0.474. The lowest BCUT2D eigenvalue weighted by atomic mass is 10.0. The van der Waals surface area contributed by atoms with Crippen molar-refractivity contribution in [3.63, 3.8) is 0 Å². The van der Waals surface area contributed by atoms with Gasteiger partial charge in [-0.15, -0.1) is 0 Å². The van der Waals surface area contributed by atoms with Crippen LogP contribution in [0.5, 0.6) is 0 Å². The van der Waals surface area contributed by atoms with E-state index in [2.05, 4.69) is 5.32 Å². The Balaban J connectivity index is 1.58. The molecule has 2 atom stereocenters. The van der Waals surface area contributed by atoms with E-state index in [1.54, 1.807) is 11.8 Å². The van der Waals surface area contributed by atoms with E-state index in [9.17, 15) is 9.59 Å². The van der Waals surface area contributed by atoms with Crippen LogP contribution in [-0.2, 0) is 20.9 Å². The molecule has 0 aliphatic carbocycles. The van der Waals surface area contributed by atoms with Gasteiger partial charge in [-0.3, -0.25) is 0 Å². The van der Waals surface area contributed by atoms with Gasteiger partial charge in [0, 0.05) is 18.3 Å². The summed E-state index contributed by atoms with van der Waals surface area (Å²) in [7, 11) is 1.37. The minimum absolute atomic E-state index is 0.0773. The maximum Gasteiger partial charge on any atom is 0.337 e. The highest BCUT2D eigenvalue weighted by Crippen LogP contribution is 2.34. The van der Waals surface area contributed by atoms with Crippen molar-refractivity contribution in [3.8, 4) is 0 Å². The van der Waals surface area contributed by atoms with E-state index in [1.165, 1.54) is 7.11 Å². The molecule has 6 heteroatoms. The summed E-state index contributed by atoms with van der Waals surface area (Å²) in [6.45, 7) is 2.89. The molecule has 0 radical (unpaired) electrons. The van der Waals surface area contributed by atoms with E-state index in [4.69, 9.17) is 9.47 Å². The minimum atomic E-state index is -0.367. The first-order valence-electron chi connectivity index (χ1n) is 8.62. The number of amides is 2. The first-order chi connectivity index (χ1) is 12.1. The van der Waals surface area contributed by atoms with Crippen molar-refractivity contribution in [3.05, 3.63) is 47.2 Å². The van der Waals surface area contributed by atoms with Crippen LogP contribution < -0.4 is 5.32 Å². The van der Waals surface area contributed by atoms with Crippen LogP contribution in [0.15, 0.2) is 41.6 Å². The van der Waals surface area contributed by atoms with Gasteiger partial charge in [0.25, 0.3) is 0 Å². The maximum atomic E-state index is 12.4. The summed E-state index contributed by atoms with van der Waals surface area (Å²) in [5, 5.41) is 2.79. The molecule has 2 aliphatic heterocycles. The molecule has 3 rings (SSSR count). The number of nitrogens with zero attached hydrogens (tertiary/aromatic N) is 1. The summed E-state index contributed by atoms with van der Waals surface area (Å²) in [6.07, 6.45) is 2.39. The number of esters is 1. The maximum absolute atomic E-state index is 12.4. The largest absolute Gasteiger partial charge is 0.466 e. The Bertz CT molecular complexity index is 671. The van der Waals surface area contributed by atoms with Gasteiger partial charge in [0.15, 0.2) is 0 Å². The minimum Gasteiger partial charge on any atom is -0.466 e. The van der Waals surface area contributed by atoms with Gasteiger partial charge >= 0.3 is 12.0 Å². The SMILES string of the molecule is COC(=O)C1=C(C)NC(=O)N2[C@@H](CCOCc3ccccc3)CC[C@@H]12. The molecule has 0 saturated carbocycles. The highest BCUT2D eigenvalue weighted by atomic mass is 16.5. The predicted molar refractivity (Wildman–Crippen MR) is 92.6 cm³/mol. The van der Waals surface area contributed by atoms with Crippen LogP contribution in [0, 0.1) is 0 Å². The molecule has 2 aliphatic rings. The molecule has 134 valence electrons. The second kappa shape index (κ2) is 7.70. The summed E-state index contributed by atoms with van der Waals surface area (Å²) in [4.78, 5) is 26.2. The Morgan fingerprint density at radius 2 is 2.04 bits per heavy atom. The number of hydrogen-bond acceptors (Lipinski definition) is 4. The molecule has 0 unspecified atom stereocenters. The molecule has 25 heavy (non-hydrogen) atoms. The summed E-state index contributed by atoms with van der Waals surface area (Å²) in [5.41, 5.74) is 2.29. The zero-order chi connectivity index (χ0) is 17.8. The van der Waals surface area contributed by atoms with Crippen molar-refractivity contribution in [1.82, 2.24) is 10.2 Å². The van der Waals surface area contributed by atoms with E-state index in [1.807, 2.05) is 30.3 Å². The summed E-state index contributed by atoms with van der Waals surface area (Å²) in [5.74, 6) is -0.367. The van der Waals surface area contributed by atoms with Crippen LogP contribution in [0.25, 0.3) is 0 Å². The van der Waals surface area contributed by atoms with E-state index < -0.39 is 0 Å². The molecule has 6 nitrogen and oxygen atoms in total. The lowest BCUT2D eigenvalue weighted by molar-refractivity contribution is -0.136. The highest BCUT2D eigenvalue weighted by molar-refractivity contribution is 5.94. The second-order valence-electron chi connectivity index (χ2n) is 6.44. The van der Waals surface area contributed by atoms with Gasteiger partial charge in [-0.2, -0.15) is 0 Å². The van der Waals surface area contributed by atoms with Gasteiger partial charge in [-0.1, -0.05) is 30.3 Å². The summed E-state index contributed by atoms with van der Waals surface area (Å²) >= 11 is 0. The number of fused-ring (bicyclic) bond motifs is 1. The molecule has 1 saturated heterocycles. The van der Waals surface area contributed by atoms with Gasteiger partial charge in [0.2, 0.25) is 0 Å². The number of nitrogens with one attached hydrogen (secondary N) is 1. The fourth-order valence-electron chi connectivity index (χ4n) is 3.68. The zero-order valence-electron chi connectivity index (χ0n) is 14.7. The third kappa shape index (κ3) is 3.69. The van der Waals surface area contributed by atoms with Crippen LogP contribution in [0.4, 0.5) is 4.79 Å². The molecule has 1 aromatic rings. The average Bonchev–Trinajstić information content (AvgIpc) is 3.03. The van der Waals surface area contributed by atoms with Gasteiger partial charge < -0.3 is 19.7 Å². The number of rotatable bonds is 6. The molecule has 1 fully saturated rings. The van der Waals surface area contributed by atoms with E-state index >= 15 is 0 Å². The van der Waals surface area contributed by atoms with Gasteiger partial charge in [0.1, 0.15) is 0 Å². The quantitative estimate of drug-likeness (QED) is 0.636. The van der Waals surface area contributed by atoms with Gasteiger partial charge in [-0.05, 0) is 31.7 Å². The standard InChI is InChI=1S/C19H24N2O4/c1-13-17(18(22)24-2)16-9-8-15(21(16)19(23)20-13)10-11-25-12-14-6-4-3-5-7-14/h3-7,15-16H,8-12H2,1-2H3,(H,20,23)/t15-,16+/m1/s1. The first kappa shape index (κ1) is 17.5. The van der Waals surface area contributed by atoms with Crippen molar-refractivity contribution in [2.45, 2.75) is 44.9 Å². The number of methoxy groups -OCH3 is 1. The van der Waals surface area contributed by atoms with Crippen molar-refractivity contribution >= 4 is 12.0 Å². The van der Waals surface area contributed by atoms with Crippen LogP contribution >= 0.6 is 0 Å². The Kier molecular flexibility index (Phi) is 5.38. The van der Waals surface area contributed by atoms with Crippen molar-refractivity contribution < 1.29 is 19.1 Å². The van der Waals surface area contributed by atoms with Crippen LogP contribution in [0.3, 0.4) is 0 Å². The number of ether oxygens (including phenoxy) is 2. The van der Waals surface area contributed by atoms with E-state index in [-0.39, 0.29) is 24.1 Å². The lowest BCUT2D eigenvalue weighted by Crippen LogP contribution is -2.52. The van der Waals surface area contributed by atoms with Crippen LogP contribution in [0.2, 0.25) is 0 Å². The Labute approximate surface area is 147 Å². The molecule has 0 aromatic heterocycles. The summed E-state index contributed by atoms with van der Waals surface area (Å²) < 4.78 is 10.6. The number of benzene rings is 1. The number of carbonyl (C=O) groups is 2. The number of carbonyl (C=O) groups excluding carboxylic acids is 2. The smallest absolute Gasteiger partial charge is 0.337 e. The summed E-state index contributed by atoms with van der Waals surface area (Å²) in [6, 6.07) is 9.75. The molecular weight excluding hydrogens is 320 g/mol. The van der Waals surface area contributed by atoms with Gasteiger partial charge in [-0.25, -0.2) is 9.59 Å². The third-order valence-electron chi connectivity index (χ3n) is 4.88. The Morgan fingerprint density at radius 1 is 1.28 bits per heavy atom.